The normalized spacial score (nSPS) is 10.0. The van der Waals surface area contributed by atoms with Gasteiger partial charge in [0.25, 0.3) is 0 Å². The highest BCUT2D eigenvalue weighted by Crippen LogP contribution is 2.24. The molecule has 0 fully saturated rings. The van der Waals surface area contributed by atoms with Gasteiger partial charge in [-0.05, 0) is 40.5 Å². The maximum Gasteiger partial charge on any atom is 0.338 e. The molecule has 0 spiro atoms. The smallest absolute Gasteiger partial charge is 0.338 e. The molecule has 0 saturated carbocycles. The summed E-state index contributed by atoms with van der Waals surface area (Å²) >= 11 is 8.56. The van der Waals surface area contributed by atoms with Gasteiger partial charge in [0.1, 0.15) is 5.75 Å². The summed E-state index contributed by atoms with van der Waals surface area (Å²) in [5.41, 5.74) is 0.397. The largest absolute Gasteiger partial charge is 0.507 e. The van der Waals surface area contributed by atoms with Crippen LogP contribution in [0, 0.1) is 0 Å². The Balaban J connectivity index is 2.62. The minimum Gasteiger partial charge on any atom is -0.507 e. The first kappa shape index (κ1) is 12.3. The van der Waals surface area contributed by atoms with Crippen LogP contribution < -0.4 is 0 Å². The Morgan fingerprint density at radius 1 is 1.53 bits per heavy atom. The second-order valence-electron chi connectivity index (χ2n) is 2.84. The van der Waals surface area contributed by atoms with Crippen molar-refractivity contribution in [2.75, 3.05) is 12.5 Å². The van der Waals surface area contributed by atoms with Gasteiger partial charge in [-0.1, -0.05) is 0 Å². The second kappa shape index (κ2) is 5.98. The molecule has 0 aliphatic rings. The summed E-state index contributed by atoms with van der Waals surface area (Å²) in [7, 11) is 0. The van der Waals surface area contributed by atoms with Gasteiger partial charge >= 0.3 is 5.97 Å². The number of hydrogen-bond donors (Lipinski definition) is 1. The van der Waals surface area contributed by atoms with Gasteiger partial charge in [-0.2, -0.15) is 0 Å². The van der Waals surface area contributed by atoms with E-state index in [2.05, 4.69) is 15.9 Å². The zero-order valence-corrected chi connectivity index (χ0v) is 10.2. The number of carbonyl (C=O) groups is 1. The molecule has 0 saturated heterocycles. The number of benzene rings is 1. The molecule has 82 valence electrons. The lowest BCUT2D eigenvalue weighted by Gasteiger charge is -2.04. The van der Waals surface area contributed by atoms with Gasteiger partial charge in [0.05, 0.1) is 16.6 Å². The van der Waals surface area contributed by atoms with Gasteiger partial charge in [0.15, 0.2) is 0 Å². The lowest BCUT2D eigenvalue weighted by Crippen LogP contribution is -2.06. The first-order valence-electron chi connectivity index (χ1n) is 4.36. The summed E-state index contributed by atoms with van der Waals surface area (Å²) < 4.78 is 5.40. The predicted molar refractivity (Wildman–Crippen MR) is 61.4 cm³/mol. The topological polar surface area (TPSA) is 46.5 Å². The van der Waals surface area contributed by atoms with E-state index in [4.69, 9.17) is 16.3 Å². The van der Waals surface area contributed by atoms with Crippen LogP contribution in [0.4, 0.5) is 0 Å². The van der Waals surface area contributed by atoms with Gasteiger partial charge < -0.3 is 9.84 Å². The molecule has 0 atom stereocenters. The first-order valence-corrected chi connectivity index (χ1v) is 5.69. The molecule has 0 aliphatic carbocycles. The van der Waals surface area contributed by atoms with Crippen LogP contribution in [0.25, 0.3) is 0 Å². The van der Waals surface area contributed by atoms with Crippen molar-refractivity contribution in [3.8, 4) is 5.75 Å². The van der Waals surface area contributed by atoms with Crippen molar-refractivity contribution in [2.24, 2.45) is 0 Å². The number of carbonyl (C=O) groups excluding carboxylic acids is 1. The predicted octanol–water partition coefficient (Wildman–Crippen LogP) is 2.94. The Labute approximate surface area is 101 Å². The van der Waals surface area contributed by atoms with E-state index in [1.165, 1.54) is 18.2 Å². The Hall–Kier alpha value is -0.740. The third-order valence-corrected chi connectivity index (χ3v) is 2.60. The average molecular weight is 294 g/mol. The number of alkyl halides is 1. The SMILES string of the molecule is O=C(OCCCCl)c1ccc(O)c(Br)c1. The molecule has 0 amide bonds. The molecule has 15 heavy (non-hydrogen) atoms. The van der Waals surface area contributed by atoms with Crippen LogP contribution in [0.3, 0.4) is 0 Å². The molecular formula is C10H10BrClO3. The van der Waals surface area contributed by atoms with Gasteiger partial charge in [-0.25, -0.2) is 4.79 Å². The first-order chi connectivity index (χ1) is 7.15. The lowest BCUT2D eigenvalue weighted by molar-refractivity contribution is 0.0506. The van der Waals surface area contributed by atoms with Crippen molar-refractivity contribution in [3.05, 3.63) is 28.2 Å². The van der Waals surface area contributed by atoms with Gasteiger partial charge in [-0.3, -0.25) is 0 Å². The number of ether oxygens (including phenoxy) is 1. The lowest BCUT2D eigenvalue weighted by atomic mass is 10.2. The minimum absolute atomic E-state index is 0.0901. The molecular weight excluding hydrogens is 283 g/mol. The average Bonchev–Trinajstić information content (AvgIpc) is 2.22. The minimum atomic E-state index is -0.416. The summed E-state index contributed by atoms with van der Waals surface area (Å²) in [5, 5.41) is 9.22. The quantitative estimate of drug-likeness (QED) is 0.527. The van der Waals surface area contributed by atoms with E-state index in [1.54, 1.807) is 0 Å². The highest BCUT2D eigenvalue weighted by Gasteiger charge is 2.08. The molecule has 0 unspecified atom stereocenters. The zero-order chi connectivity index (χ0) is 11.3. The summed E-state index contributed by atoms with van der Waals surface area (Å²) in [6.07, 6.45) is 0.631. The van der Waals surface area contributed by atoms with E-state index in [0.29, 0.717) is 28.9 Å². The Morgan fingerprint density at radius 2 is 2.27 bits per heavy atom. The number of phenols is 1. The number of esters is 1. The molecule has 1 N–H and O–H groups in total. The van der Waals surface area contributed by atoms with Crippen molar-refractivity contribution in [1.29, 1.82) is 0 Å². The van der Waals surface area contributed by atoms with Crippen LogP contribution in [0.1, 0.15) is 16.8 Å². The maximum atomic E-state index is 11.4. The molecule has 3 nitrogen and oxygen atoms in total. The molecule has 1 aromatic rings. The van der Waals surface area contributed by atoms with Crippen molar-refractivity contribution >= 4 is 33.5 Å². The van der Waals surface area contributed by atoms with Crippen LogP contribution in [-0.2, 0) is 4.74 Å². The van der Waals surface area contributed by atoms with Crippen molar-refractivity contribution in [1.82, 2.24) is 0 Å². The van der Waals surface area contributed by atoms with Crippen LogP contribution >= 0.6 is 27.5 Å². The van der Waals surface area contributed by atoms with E-state index in [9.17, 15) is 9.90 Å². The van der Waals surface area contributed by atoms with Gasteiger partial charge in [0, 0.05) is 5.88 Å². The molecule has 1 aromatic carbocycles. The molecule has 0 radical (unpaired) electrons. The molecule has 5 heteroatoms. The van der Waals surface area contributed by atoms with E-state index in [1.807, 2.05) is 0 Å². The van der Waals surface area contributed by atoms with Gasteiger partial charge in [0.2, 0.25) is 0 Å². The summed E-state index contributed by atoms with van der Waals surface area (Å²) in [6.45, 7) is 0.306. The van der Waals surface area contributed by atoms with Crippen LogP contribution in [0.5, 0.6) is 5.75 Å². The molecule has 0 bridgehead atoms. The van der Waals surface area contributed by atoms with E-state index in [0.717, 1.165) is 0 Å². The van der Waals surface area contributed by atoms with Crippen LogP contribution in [-0.4, -0.2) is 23.6 Å². The number of hydrogen-bond acceptors (Lipinski definition) is 3. The fourth-order valence-corrected chi connectivity index (χ4v) is 1.42. The fraction of sp³-hybridized carbons (Fsp3) is 0.300. The molecule has 0 aromatic heterocycles. The summed E-state index contributed by atoms with van der Waals surface area (Å²) in [4.78, 5) is 11.4. The Kier molecular flexibility index (Phi) is 4.91. The highest BCUT2D eigenvalue weighted by atomic mass is 79.9. The van der Waals surface area contributed by atoms with Crippen LogP contribution in [0.2, 0.25) is 0 Å². The van der Waals surface area contributed by atoms with Crippen LogP contribution in [0.15, 0.2) is 22.7 Å². The fourth-order valence-electron chi connectivity index (χ4n) is 0.937. The molecule has 0 aliphatic heterocycles. The molecule has 0 heterocycles. The highest BCUT2D eigenvalue weighted by molar-refractivity contribution is 9.10. The molecule has 1 rings (SSSR count). The zero-order valence-electron chi connectivity index (χ0n) is 7.87. The summed E-state index contributed by atoms with van der Waals surface area (Å²) in [6, 6.07) is 4.45. The van der Waals surface area contributed by atoms with E-state index < -0.39 is 5.97 Å². The third-order valence-electron chi connectivity index (χ3n) is 1.69. The van der Waals surface area contributed by atoms with Gasteiger partial charge in [-0.15, -0.1) is 11.6 Å². The number of aromatic hydroxyl groups is 1. The third kappa shape index (κ3) is 3.72. The van der Waals surface area contributed by atoms with Crippen molar-refractivity contribution in [3.63, 3.8) is 0 Å². The number of phenolic OH excluding ortho intramolecular Hbond substituents is 1. The number of halogens is 2. The Bertz CT molecular complexity index is 355. The number of rotatable bonds is 4. The van der Waals surface area contributed by atoms with E-state index >= 15 is 0 Å². The standard InChI is InChI=1S/C10H10BrClO3/c11-8-6-7(2-3-9(8)13)10(14)15-5-1-4-12/h2-3,6,13H,1,4-5H2. The Morgan fingerprint density at radius 3 is 2.87 bits per heavy atom. The monoisotopic (exact) mass is 292 g/mol. The summed E-state index contributed by atoms with van der Waals surface area (Å²) in [5.74, 6) is 0.139. The van der Waals surface area contributed by atoms with E-state index in [-0.39, 0.29) is 5.75 Å². The maximum absolute atomic E-state index is 11.4. The van der Waals surface area contributed by atoms with Crippen molar-refractivity contribution < 1.29 is 14.6 Å². The van der Waals surface area contributed by atoms with Crippen molar-refractivity contribution in [2.45, 2.75) is 6.42 Å². The second-order valence-corrected chi connectivity index (χ2v) is 4.08.